The third kappa shape index (κ3) is 3.78. The summed E-state index contributed by atoms with van der Waals surface area (Å²) in [5.74, 6) is -0.109. The number of hydrogen-bond donors (Lipinski definition) is 1. The van der Waals surface area contributed by atoms with Gasteiger partial charge in [-0.15, -0.1) is 0 Å². The van der Waals surface area contributed by atoms with Gasteiger partial charge in [0.05, 0.1) is 13.5 Å². The Bertz CT molecular complexity index is 678. The summed E-state index contributed by atoms with van der Waals surface area (Å²) in [7, 11) is 1.50. The number of amides is 1. The lowest BCUT2D eigenvalue weighted by atomic mass is 9.80. The van der Waals surface area contributed by atoms with Crippen LogP contribution in [0.1, 0.15) is 32.8 Å². The Kier molecular flexibility index (Phi) is 4.87. The van der Waals surface area contributed by atoms with E-state index in [9.17, 15) is 23.1 Å². The van der Waals surface area contributed by atoms with Crippen LogP contribution >= 0.6 is 0 Å². The van der Waals surface area contributed by atoms with Gasteiger partial charge >= 0.3 is 6.18 Å². The second-order valence-electron chi connectivity index (χ2n) is 7.02. The molecular formula is C17H21F3N2O3. The number of hydrogen-bond acceptors (Lipinski definition) is 4. The van der Waals surface area contributed by atoms with Gasteiger partial charge in [0.1, 0.15) is 11.5 Å². The van der Waals surface area contributed by atoms with Crippen LogP contribution in [0.4, 0.5) is 13.2 Å². The zero-order chi connectivity index (χ0) is 19.0. The summed E-state index contributed by atoms with van der Waals surface area (Å²) in [4.78, 5) is 12.6. The molecule has 1 unspecified atom stereocenters. The Morgan fingerprint density at radius 2 is 1.84 bits per heavy atom. The van der Waals surface area contributed by atoms with Gasteiger partial charge in [0.15, 0.2) is 5.72 Å². The average Bonchev–Trinajstić information content (AvgIpc) is 2.87. The van der Waals surface area contributed by atoms with Crippen molar-refractivity contribution < 1.29 is 27.8 Å². The van der Waals surface area contributed by atoms with Crippen molar-refractivity contribution in [3.8, 4) is 5.75 Å². The predicted molar refractivity (Wildman–Crippen MR) is 86.1 cm³/mol. The third-order valence-corrected chi connectivity index (χ3v) is 4.26. The quantitative estimate of drug-likeness (QED) is 0.903. The number of nitrogens with zero attached hydrogens (tertiary/aromatic N) is 2. The van der Waals surface area contributed by atoms with Gasteiger partial charge in [0, 0.05) is 11.8 Å². The van der Waals surface area contributed by atoms with Crippen LogP contribution in [0.3, 0.4) is 0 Å². The number of halogens is 3. The summed E-state index contributed by atoms with van der Waals surface area (Å²) >= 11 is 0. The van der Waals surface area contributed by atoms with E-state index in [4.69, 9.17) is 4.74 Å². The Labute approximate surface area is 144 Å². The van der Waals surface area contributed by atoms with Crippen LogP contribution in [0.2, 0.25) is 0 Å². The minimum absolute atomic E-state index is 0.184. The maximum Gasteiger partial charge on any atom is 0.431 e. The first-order valence-electron chi connectivity index (χ1n) is 7.71. The zero-order valence-corrected chi connectivity index (χ0v) is 14.5. The minimum atomic E-state index is -4.70. The fourth-order valence-corrected chi connectivity index (χ4v) is 2.54. The van der Waals surface area contributed by atoms with E-state index in [1.165, 1.54) is 7.11 Å². The lowest BCUT2D eigenvalue weighted by Gasteiger charge is -2.41. The van der Waals surface area contributed by atoms with E-state index < -0.39 is 35.4 Å². The van der Waals surface area contributed by atoms with Crippen LogP contribution < -0.4 is 4.74 Å². The molecule has 5 nitrogen and oxygen atoms in total. The lowest BCUT2D eigenvalue weighted by molar-refractivity contribution is -0.181. The Morgan fingerprint density at radius 1 is 1.28 bits per heavy atom. The lowest BCUT2D eigenvalue weighted by Crippen LogP contribution is -2.55. The Balaban J connectivity index is 2.30. The van der Waals surface area contributed by atoms with E-state index in [2.05, 4.69) is 5.10 Å². The number of rotatable bonds is 3. The number of methoxy groups -OCH3 is 1. The smallest absolute Gasteiger partial charge is 0.431 e. The molecule has 1 heterocycles. The number of hydrazone groups is 1. The molecule has 1 aromatic carbocycles. The van der Waals surface area contributed by atoms with Crippen LogP contribution in [-0.4, -0.2) is 40.7 Å². The van der Waals surface area contributed by atoms with Gasteiger partial charge in [-0.2, -0.15) is 18.3 Å². The summed E-state index contributed by atoms with van der Waals surface area (Å²) in [5, 5.41) is 14.8. The molecule has 0 aromatic heterocycles. The highest BCUT2D eigenvalue weighted by Gasteiger charge is 2.57. The van der Waals surface area contributed by atoms with Gasteiger partial charge in [0.2, 0.25) is 5.91 Å². The standard InChI is InChI=1S/C17H21F3N2O3/c1-15(2,3)16(24)10-13(17(18,19)20)21-22(16)14(23)9-11-5-7-12(25-4)8-6-11/h5-8,24H,9-10H2,1-4H3. The fourth-order valence-electron chi connectivity index (χ4n) is 2.54. The molecule has 0 aliphatic carbocycles. The Morgan fingerprint density at radius 3 is 2.28 bits per heavy atom. The molecule has 1 N–H and O–H groups in total. The summed E-state index contributed by atoms with van der Waals surface area (Å²) in [6.07, 6.45) is -5.64. The SMILES string of the molecule is COc1ccc(CC(=O)N2N=C(C(F)(F)F)CC2(O)C(C)(C)C)cc1. The molecule has 0 radical (unpaired) electrons. The van der Waals surface area contributed by atoms with Crippen molar-refractivity contribution in [3.05, 3.63) is 29.8 Å². The molecule has 1 atom stereocenters. The molecule has 0 spiro atoms. The molecular weight excluding hydrogens is 337 g/mol. The first-order chi connectivity index (χ1) is 11.4. The highest BCUT2D eigenvalue weighted by molar-refractivity contribution is 5.94. The normalized spacial score (nSPS) is 21.3. The molecule has 1 aliphatic rings. The number of alkyl halides is 3. The summed E-state index contributed by atoms with van der Waals surface area (Å²) in [6.45, 7) is 4.69. The van der Waals surface area contributed by atoms with Crippen molar-refractivity contribution >= 4 is 11.6 Å². The highest BCUT2D eigenvalue weighted by atomic mass is 19.4. The summed E-state index contributed by atoms with van der Waals surface area (Å²) < 4.78 is 44.2. The molecule has 25 heavy (non-hydrogen) atoms. The molecule has 0 bridgehead atoms. The zero-order valence-electron chi connectivity index (χ0n) is 14.5. The number of ether oxygens (including phenoxy) is 1. The number of carbonyl (C=O) groups excluding carboxylic acids is 1. The van der Waals surface area contributed by atoms with Gasteiger partial charge in [-0.05, 0) is 17.7 Å². The first-order valence-corrected chi connectivity index (χ1v) is 7.71. The van der Waals surface area contributed by atoms with Crippen molar-refractivity contribution in [2.75, 3.05) is 7.11 Å². The Hall–Kier alpha value is -2.09. The van der Waals surface area contributed by atoms with Gasteiger partial charge < -0.3 is 9.84 Å². The fraction of sp³-hybridized carbons (Fsp3) is 0.529. The van der Waals surface area contributed by atoms with Crippen LogP contribution in [0.5, 0.6) is 5.75 Å². The van der Waals surface area contributed by atoms with Gasteiger partial charge in [-0.1, -0.05) is 32.9 Å². The molecule has 1 amide bonds. The molecule has 1 aliphatic heterocycles. The second kappa shape index (κ2) is 6.33. The van der Waals surface area contributed by atoms with Gasteiger partial charge in [-0.3, -0.25) is 4.79 Å². The average molecular weight is 358 g/mol. The van der Waals surface area contributed by atoms with E-state index in [1.807, 2.05) is 0 Å². The summed E-state index contributed by atoms with van der Waals surface area (Å²) in [5.41, 5.74) is -3.63. The van der Waals surface area contributed by atoms with Crippen LogP contribution in [0.25, 0.3) is 0 Å². The van der Waals surface area contributed by atoms with Crippen molar-refractivity contribution in [2.45, 2.75) is 45.5 Å². The molecule has 1 aromatic rings. The van der Waals surface area contributed by atoms with Gasteiger partial charge in [-0.25, -0.2) is 5.01 Å². The highest BCUT2D eigenvalue weighted by Crippen LogP contribution is 2.43. The van der Waals surface area contributed by atoms with E-state index in [0.29, 0.717) is 16.3 Å². The monoisotopic (exact) mass is 358 g/mol. The van der Waals surface area contributed by atoms with Crippen LogP contribution in [-0.2, 0) is 11.2 Å². The maximum absolute atomic E-state index is 13.0. The van der Waals surface area contributed by atoms with Crippen LogP contribution in [0, 0.1) is 5.41 Å². The summed E-state index contributed by atoms with van der Waals surface area (Å²) in [6, 6.07) is 6.56. The van der Waals surface area contributed by atoms with E-state index in [1.54, 1.807) is 45.0 Å². The van der Waals surface area contributed by atoms with Crippen molar-refractivity contribution in [1.82, 2.24) is 5.01 Å². The predicted octanol–water partition coefficient (Wildman–Crippen LogP) is 3.12. The molecule has 0 saturated heterocycles. The van der Waals surface area contributed by atoms with E-state index in [-0.39, 0.29) is 6.42 Å². The molecule has 138 valence electrons. The topological polar surface area (TPSA) is 62.1 Å². The van der Waals surface area contributed by atoms with Crippen molar-refractivity contribution in [2.24, 2.45) is 10.5 Å². The van der Waals surface area contributed by atoms with Gasteiger partial charge in [0.25, 0.3) is 0 Å². The van der Waals surface area contributed by atoms with E-state index >= 15 is 0 Å². The van der Waals surface area contributed by atoms with Crippen LogP contribution in [0.15, 0.2) is 29.4 Å². The second-order valence-corrected chi connectivity index (χ2v) is 7.02. The molecule has 0 fully saturated rings. The van der Waals surface area contributed by atoms with Crippen molar-refractivity contribution in [3.63, 3.8) is 0 Å². The third-order valence-electron chi connectivity index (χ3n) is 4.26. The molecule has 0 saturated carbocycles. The molecule has 8 heteroatoms. The first kappa shape index (κ1) is 19.2. The number of aliphatic hydroxyl groups is 1. The van der Waals surface area contributed by atoms with E-state index in [0.717, 1.165) is 0 Å². The maximum atomic E-state index is 13.0. The molecule has 2 rings (SSSR count). The van der Waals surface area contributed by atoms with Crippen molar-refractivity contribution in [1.29, 1.82) is 0 Å². The largest absolute Gasteiger partial charge is 0.497 e. The number of carbonyl (C=O) groups is 1. The minimum Gasteiger partial charge on any atom is -0.497 e. The number of benzene rings is 1.